The number of carbonyl (C=O) groups is 2. The Bertz CT molecular complexity index is 937. The number of aliphatic hydroxyl groups excluding tert-OH is 1. The van der Waals surface area contributed by atoms with Crippen molar-refractivity contribution in [3.8, 4) is 5.75 Å². The van der Waals surface area contributed by atoms with Crippen LogP contribution in [0.3, 0.4) is 0 Å². The molecule has 1 atom stereocenters. The minimum Gasteiger partial charge on any atom is -0.507 e. The number of pyridine rings is 1. The maximum atomic E-state index is 13.0. The Morgan fingerprint density at radius 3 is 2.45 bits per heavy atom. The quantitative estimate of drug-likeness (QED) is 0.379. The molecule has 0 spiro atoms. The molecule has 3 rings (SSSR count). The summed E-state index contributed by atoms with van der Waals surface area (Å²) in [5.41, 5.74) is 1.24. The van der Waals surface area contributed by atoms with Crippen molar-refractivity contribution < 1.29 is 19.4 Å². The molecule has 1 fully saturated rings. The third kappa shape index (κ3) is 4.77. The van der Waals surface area contributed by atoms with E-state index in [1.165, 1.54) is 0 Å². The highest BCUT2D eigenvalue weighted by molar-refractivity contribution is 6.46. The predicted octanol–water partition coefficient (Wildman–Crippen LogP) is 3.24. The molecule has 7 heteroatoms. The minimum absolute atomic E-state index is 0.0889. The molecule has 0 aliphatic carbocycles. The number of aliphatic hydroxyl groups is 1. The summed E-state index contributed by atoms with van der Waals surface area (Å²) in [5, 5.41) is 11.0. The Morgan fingerprint density at radius 2 is 1.87 bits per heavy atom. The lowest BCUT2D eigenvalue weighted by Crippen LogP contribution is -2.33. The molecule has 1 aliphatic heterocycles. The lowest BCUT2D eigenvalue weighted by Gasteiger charge is -2.26. The summed E-state index contributed by atoms with van der Waals surface area (Å²) in [6.45, 7) is 7.30. The van der Waals surface area contributed by atoms with E-state index < -0.39 is 17.7 Å². The van der Waals surface area contributed by atoms with Gasteiger partial charge in [0.1, 0.15) is 11.5 Å². The summed E-state index contributed by atoms with van der Waals surface area (Å²) in [6.07, 6.45) is 4.00. The van der Waals surface area contributed by atoms with Gasteiger partial charge in [-0.05, 0) is 62.0 Å². The average Bonchev–Trinajstić information content (AvgIpc) is 3.07. The standard InChI is InChI=1S/C24H29N3O4/c1-4-26(5-2)14-7-15-27-21(18-8-6-13-25-16-18)20(23(29)24(27)30)22(28)17-9-11-19(31-3)12-10-17/h6,8-13,16,21,28H,4-5,7,14-15H2,1-3H3/b22-20+/t21-/m0/s1. The third-order valence-electron chi connectivity index (χ3n) is 5.67. The molecular weight excluding hydrogens is 394 g/mol. The SMILES string of the molecule is CCN(CC)CCCN1C(=O)C(=O)/C(=C(/O)c2ccc(OC)cc2)[C@@H]1c1cccnc1. The fourth-order valence-corrected chi connectivity index (χ4v) is 3.90. The van der Waals surface area contributed by atoms with E-state index in [2.05, 4.69) is 23.7 Å². The van der Waals surface area contributed by atoms with Crippen LogP contribution in [0.5, 0.6) is 5.75 Å². The molecule has 31 heavy (non-hydrogen) atoms. The van der Waals surface area contributed by atoms with E-state index >= 15 is 0 Å². The first-order chi connectivity index (χ1) is 15.0. The topological polar surface area (TPSA) is 83.0 Å². The lowest BCUT2D eigenvalue weighted by atomic mass is 9.96. The molecule has 1 aromatic heterocycles. The van der Waals surface area contributed by atoms with E-state index in [1.54, 1.807) is 54.7 Å². The molecule has 7 nitrogen and oxygen atoms in total. The van der Waals surface area contributed by atoms with Gasteiger partial charge >= 0.3 is 0 Å². The number of nitrogens with zero attached hydrogens (tertiary/aromatic N) is 3. The summed E-state index contributed by atoms with van der Waals surface area (Å²) < 4.78 is 5.16. The molecule has 2 aromatic rings. The number of benzene rings is 1. The fourth-order valence-electron chi connectivity index (χ4n) is 3.90. The van der Waals surface area contributed by atoms with Crippen LogP contribution in [-0.4, -0.2) is 64.9 Å². The number of Topliss-reactive ketones (excluding diaryl/α,β-unsaturated/α-hetero) is 1. The number of rotatable bonds is 9. The van der Waals surface area contributed by atoms with Gasteiger partial charge in [0.25, 0.3) is 11.7 Å². The number of carbonyl (C=O) groups excluding carboxylic acids is 2. The summed E-state index contributed by atoms with van der Waals surface area (Å²) in [6, 6.07) is 9.65. The van der Waals surface area contributed by atoms with Crippen LogP contribution in [0.15, 0.2) is 54.4 Å². The highest BCUT2D eigenvalue weighted by Crippen LogP contribution is 2.39. The van der Waals surface area contributed by atoms with E-state index in [0.29, 0.717) is 23.4 Å². The van der Waals surface area contributed by atoms with Gasteiger partial charge in [-0.2, -0.15) is 0 Å². The molecule has 1 N–H and O–H groups in total. The average molecular weight is 424 g/mol. The van der Waals surface area contributed by atoms with Gasteiger partial charge in [-0.3, -0.25) is 14.6 Å². The van der Waals surface area contributed by atoms with E-state index in [-0.39, 0.29) is 11.3 Å². The minimum atomic E-state index is -0.676. The van der Waals surface area contributed by atoms with Gasteiger partial charge in [0.05, 0.1) is 18.7 Å². The number of methoxy groups -OCH3 is 1. The zero-order chi connectivity index (χ0) is 22.4. The molecular formula is C24H29N3O4. The Kier molecular flexibility index (Phi) is 7.41. The van der Waals surface area contributed by atoms with Gasteiger partial charge in [0, 0.05) is 24.5 Å². The predicted molar refractivity (Wildman–Crippen MR) is 119 cm³/mol. The van der Waals surface area contributed by atoms with E-state index in [0.717, 1.165) is 26.1 Å². The number of likely N-dealkylation sites (tertiary alicyclic amines) is 1. The van der Waals surface area contributed by atoms with Crippen molar-refractivity contribution in [1.82, 2.24) is 14.8 Å². The van der Waals surface area contributed by atoms with Crippen molar-refractivity contribution >= 4 is 17.4 Å². The van der Waals surface area contributed by atoms with Crippen molar-refractivity contribution in [2.75, 3.05) is 33.3 Å². The zero-order valence-corrected chi connectivity index (χ0v) is 18.2. The first kappa shape index (κ1) is 22.5. The number of ketones is 1. The first-order valence-corrected chi connectivity index (χ1v) is 10.6. The molecule has 1 amide bonds. The second-order valence-electron chi connectivity index (χ2n) is 7.39. The lowest BCUT2D eigenvalue weighted by molar-refractivity contribution is -0.140. The van der Waals surface area contributed by atoms with Gasteiger partial charge in [-0.15, -0.1) is 0 Å². The first-order valence-electron chi connectivity index (χ1n) is 10.6. The van der Waals surface area contributed by atoms with Crippen molar-refractivity contribution in [1.29, 1.82) is 0 Å². The van der Waals surface area contributed by atoms with E-state index in [9.17, 15) is 14.7 Å². The van der Waals surface area contributed by atoms with Crippen LogP contribution in [0, 0.1) is 0 Å². The normalized spacial score (nSPS) is 18.1. The second kappa shape index (κ2) is 10.2. The number of hydrogen-bond acceptors (Lipinski definition) is 6. The second-order valence-corrected chi connectivity index (χ2v) is 7.39. The molecule has 0 saturated carbocycles. The van der Waals surface area contributed by atoms with Gasteiger partial charge < -0.3 is 19.6 Å². The highest BCUT2D eigenvalue weighted by Gasteiger charge is 2.45. The Hall–Kier alpha value is -3.19. The van der Waals surface area contributed by atoms with Crippen LogP contribution >= 0.6 is 0 Å². The van der Waals surface area contributed by atoms with E-state index in [1.807, 2.05) is 6.07 Å². The monoisotopic (exact) mass is 423 g/mol. The van der Waals surface area contributed by atoms with Crippen LogP contribution in [0.1, 0.15) is 37.4 Å². The van der Waals surface area contributed by atoms with Crippen LogP contribution in [-0.2, 0) is 9.59 Å². The molecule has 0 unspecified atom stereocenters. The van der Waals surface area contributed by atoms with Gasteiger partial charge in [0.2, 0.25) is 0 Å². The molecule has 1 saturated heterocycles. The highest BCUT2D eigenvalue weighted by atomic mass is 16.5. The van der Waals surface area contributed by atoms with Crippen LogP contribution in [0.25, 0.3) is 5.76 Å². The molecule has 0 bridgehead atoms. The van der Waals surface area contributed by atoms with Crippen LogP contribution < -0.4 is 4.74 Å². The zero-order valence-electron chi connectivity index (χ0n) is 18.2. The van der Waals surface area contributed by atoms with Gasteiger partial charge in [-0.25, -0.2) is 0 Å². The maximum absolute atomic E-state index is 13.0. The van der Waals surface area contributed by atoms with Crippen molar-refractivity contribution in [3.05, 3.63) is 65.5 Å². The summed E-state index contributed by atoms with van der Waals surface area (Å²) in [4.78, 5) is 33.9. The fraction of sp³-hybridized carbons (Fsp3) is 0.375. The molecule has 0 radical (unpaired) electrons. The molecule has 1 aromatic carbocycles. The summed E-state index contributed by atoms with van der Waals surface area (Å²) >= 11 is 0. The van der Waals surface area contributed by atoms with Crippen molar-refractivity contribution in [2.24, 2.45) is 0 Å². The third-order valence-corrected chi connectivity index (χ3v) is 5.67. The Labute approximate surface area is 183 Å². The van der Waals surface area contributed by atoms with E-state index in [4.69, 9.17) is 4.74 Å². The maximum Gasteiger partial charge on any atom is 0.295 e. The summed E-state index contributed by atoms with van der Waals surface area (Å²) in [7, 11) is 1.56. The Balaban J connectivity index is 1.98. The van der Waals surface area contributed by atoms with Crippen LogP contribution in [0.2, 0.25) is 0 Å². The van der Waals surface area contributed by atoms with Crippen LogP contribution in [0.4, 0.5) is 0 Å². The number of amides is 1. The van der Waals surface area contributed by atoms with Crippen molar-refractivity contribution in [3.63, 3.8) is 0 Å². The smallest absolute Gasteiger partial charge is 0.295 e. The van der Waals surface area contributed by atoms with Gasteiger partial charge in [-0.1, -0.05) is 19.9 Å². The molecule has 1 aliphatic rings. The number of hydrogen-bond donors (Lipinski definition) is 1. The molecule has 164 valence electrons. The Morgan fingerprint density at radius 1 is 1.16 bits per heavy atom. The largest absolute Gasteiger partial charge is 0.507 e. The molecule has 2 heterocycles. The number of aromatic nitrogens is 1. The van der Waals surface area contributed by atoms with Crippen molar-refractivity contribution in [2.45, 2.75) is 26.3 Å². The summed E-state index contributed by atoms with van der Waals surface area (Å²) in [5.74, 6) is -0.827. The van der Waals surface area contributed by atoms with Gasteiger partial charge in [0.15, 0.2) is 0 Å². The number of ether oxygens (including phenoxy) is 1.